The van der Waals surface area contributed by atoms with E-state index < -0.39 is 0 Å². The van der Waals surface area contributed by atoms with E-state index in [4.69, 9.17) is 21.1 Å². The van der Waals surface area contributed by atoms with Crippen molar-refractivity contribution in [1.29, 1.82) is 0 Å². The SMILES string of the molecule is CN1CCOCCCCC2(CCN(C(=O)CCc3ccc(Cl)cc3)CC2)COc2ccccc2C1. The number of nitrogens with zero attached hydrogens (tertiary/aromatic N) is 2. The number of aryl methyl sites for hydroxylation is 1. The number of amides is 1. The molecule has 0 radical (unpaired) electrons. The molecule has 35 heavy (non-hydrogen) atoms. The average Bonchev–Trinajstić information content (AvgIpc) is 2.87. The molecular weight excluding hydrogens is 460 g/mol. The van der Waals surface area contributed by atoms with Gasteiger partial charge in [-0.2, -0.15) is 0 Å². The molecule has 1 amide bonds. The average molecular weight is 499 g/mol. The molecule has 2 aromatic rings. The van der Waals surface area contributed by atoms with Crippen LogP contribution in [0.4, 0.5) is 0 Å². The number of carbonyl (C=O) groups is 1. The van der Waals surface area contributed by atoms with Crippen LogP contribution in [0.3, 0.4) is 0 Å². The maximum atomic E-state index is 12.9. The normalized spacial score (nSPS) is 20.0. The van der Waals surface area contributed by atoms with Gasteiger partial charge in [0.2, 0.25) is 5.91 Å². The Morgan fingerprint density at radius 2 is 1.74 bits per heavy atom. The van der Waals surface area contributed by atoms with Crippen LogP contribution in [0, 0.1) is 5.41 Å². The van der Waals surface area contributed by atoms with Crippen LogP contribution < -0.4 is 4.74 Å². The third-order valence-corrected chi connectivity index (χ3v) is 7.78. The smallest absolute Gasteiger partial charge is 0.222 e. The summed E-state index contributed by atoms with van der Waals surface area (Å²) in [4.78, 5) is 17.3. The minimum absolute atomic E-state index is 0.107. The number of ether oxygens (including phenoxy) is 2. The van der Waals surface area contributed by atoms with Crippen LogP contribution in [0.5, 0.6) is 5.75 Å². The number of hydrogen-bond donors (Lipinski definition) is 0. The molecule has 4 rings (SSSR count). The summed E-state index contributed by atoms with van der Waals surface area (Å²) >= 11 is 5.98. The lowest BCUT2D eigenvalue weighted by atomic mass is 9.75. The van der Waals surface area contributed by atoms with E-state index in [9.17, 15) is 4.79 Å². The molecule has 190 valence electrons. The van der Waals surface area contributed by atoms with Crippen LogP contribution >= 0.6 is 11.6 Å². The Morgan fingerprint density at radius 3 is 2.54 bits per heavy atom. The summed E-state index contributed by atoms with van der Waals surface area (Å²) in [6.45, 7) is 5.67. The summed E-state index contributed by atoms with van der Waals surface area (Å²) in [6.07, 6.45) is 6.60. The fourth-order valence-electron chi connectivity index (χ4n) is 5.16. The minimum Gasteiger partial charge on any atom is -0.493 e. The van der Waals surface area contributed by atoms with Gasteiger partial charge < -0.3 is 14.4 Å². The van der Waals surface area contributed by atoms with Crippen molar-refractivity contribution in [2.24, 2.45) is 5.41 Å². The van der Waals surface area contributed by atoms with Gasteiger partial charge in [-0.1, -0.05) is 48.4 Å². The van der Waals surface area contributed by atoms with Gasteiger partial charge in [-0.25, -0.2) is 0 Å². The van der Waals surface area contributed by atoms with Gasteiger partial charge in [-0.15, -0.1) is 0 Å². The van der Waals surface area contributed by atoms with E-state index in [2.05, 4.69) is 41.1 Å². The van der Waals surface area contributed by atoms with Gasteiger partial charge in [0.15, 0.2) is 0 Å². The van der Waals surface area contributed by atoms with Crippen molar-refractivity contribution in [2.45, 2.75) is 51.5 Å². The molecule has 0 aromatic heterocycles. The first-order valence-electron chi connectivity index (χ1n) is 13.0. The van der Waals surface area contributed by atoms with Gasteiger partial charge in [0.1, 0.15) is 5.75 Å². The monoisotopic (exact) mass is 498 g/mol. The Bertz CT molecular complexity index is 941. The molecule has 0 unspecified atom stereocenters. The van der Waals surface area contributed by atoms with Crippen LogP contribution in [-0.2, 0) is 22.5 Å². The van der Waals surface area contributed by atoms with Crippen molar-refractivity contribution in [3.63, 3.8) is 0 Å². The molecule has 0 atom stereocenters. The van der Waals surface area contributed by atoms with Gasteiger partial charge in [-0.3, -0.25) is 9.69 Å². The highest BCUT2D eigenvalue weighted by Crippen LogP contribution is 2.38. The van der Waals surface area contributed by atoms with Gasteiger partial charge in [-0.05, 0) is 62.9 Å². The Hall–Kier alpha value is -2.08. The van der Waals surface area contributed by atoms with Crippen molar-refractivity contribution in [2.75, 3.05) is 46.5 Å². The number of rotatable bonds is 3. The summed E-state index contributed by atoms with van der Waals surface area (Å²) in [5, 5.41) is 0.730. The van der Waals surface area contributed by atoms with E-state index in [0.717, 1.165) is 94.3 Å². The fourth-order valence-corrected chi connectivity index (χ4v) is 5.29. The number of fused-ring (bicyclic) bond motifs is 1. The molecule has 1 saturated heterocycles. The maximum Gasteiger partial charge on any atom is 0.222 e. The first-order valence-corrected chi connectivity index (χ1v) is 13.4. The van der Waals surface area contributed by atoms with Crippen LogP contribution in [0.2, 0.25) is 5.02 Å². The summed E-state index contributed by atoms with van der Waals surface area (Å²) in [7, 11) is 2.13. The van der Waals surface area contributed by atoms with Crippen molar-refractivity contribution in [1.82, 2.24) is 9.80 Å². The summed E-state index contributed by atoms with van der Waals surface area (Å²) in [5.74, 6) is 1.23. The predicted molar refractivity (Wildman–Crippen MR) is 141 cm³/mol. The lowest BCUT2D eigenvalue weighted by Crippen LogP contribution is -2.45. The Morgan fingerprint density at radius 1 is 0.971 bits per heavy atom. The molecule has 2 aliphatic rings. The number of hydrogen-bond acceptors (Lipinski definition) is 4. The van der Waals surface area contributed by atoms with Crippen molar-refractivity contribution >= 4 is 17.5 Å². The topological polar surface area (TPSA) is 42.0 Å². The standard InChI is InChI=1S/C29H39ClN2O3/c1-31-19-21-34-20-5-4-14-29(23-35-27-7-3-2-6-25(27)22-31)15-17-32(18-16-29)28(33)13-10-24-8-11-26(30)12-9-24/h2-3,6-9,11-12H,4-5,10,13-23H2,1H3. The summed E-state index contributed by atoms with van der Waals surface area (Å²) in [5.41, 5.74) is 2.48. The Balaban J connectivity index is 1.37. The summed E-state index contributed by atoms with van der Waals surface area (Å²) < 4.78 is 12.4. The predicted octanol–water partition coefficient (Wildman–Crippen LogP) is 5.59. The highest BCUT2D eigenvalue weighted by atomic mass is 35.5. The molecule has 6 heteroatoms. The van der Waals surface area contributed by atoms with Crippen molar-refractivity contribution in [3.8, 4) is 5.75 Å². The third-order valence-electron chi connectivity index (χ3n) is 7.53. The highest BCUT2D eigenvalue weighted by Gasteiger charge is 2.36. The largest absolute Gasteiger partial charge is 0.493 e. The third kappa shape index (κ3) is 7.70. The molecule has 1 spiro atoms. The van der Waals surface area contributed by atoms with E-state index in [1.165, 1.54) is 5.56 Å². The van der Waals surface area contributed by atoms with Crippen LogP contribution in [0.1, 0.15) is 49.7 Å². The zero-order chi connectivity index (χ0) is 24.5. The van der Waals surface area contributed by atoms with E-state index in [0.29, 0.717) is 13.0 Å². The lowest BCUT2D eigenvalue weighted by Gasteiger charge is -2.42. The molecule has 0 aliphatic carbocycles. The number of likely N-dealkylation sites (N-methyl/N-ethyl adjacent to an activating group) is 1. The quantitative estimate of drug-likeness (QED) is 0.553. The highest BCUT2D eigenvalue weighted by molar-refractivity contribution is 6.30. The van der Waals surface area contributed by atoms with Gasteiger partial charge in [0, 0.05) is 55.2 Å². The van der Waals surface area contributed by atoms with E-state index >= 15 is 0 Å². The van der Waals surface area contributed by atoms with E-state index in [1.54, 1.807) is 0 Å². The number of halogens is 1. The van der Waals surface area contributed by atoms with Crippen molar-refractivity contribution in [3.05, 3.63) is 64.7 Å². The number of para-hydroxylation sites is 1. The molecule has 0 bridgehead atoms. The Labute approximate surface area is 215 Å². The van der Waals surface area contributed by atoms with E-state index in [-0.39, 0.29) is 11.3 Å². The second-order valence-electron chi connectivity index (χ2n) is 10.2. The van der Waals surface area contributed by atoms with Gasteiger partial charge in [0.05, 0.1) is 13.2 Å². The molecule has 0 saturated carbocycles. The molecular formula is C29H39ClN2O3. The van der Waals surface area contributed by atoms with Crippen LogP contribution in [0.15, 0.2) is 48.5 Å². The second-order valence-corrected chi connectivity index (χ2v) is 10.6. The number of piperidine rings is 1. The maximum absolute atomic E-state index is 12.9. The fraction of sp³-hybridized carbons (Fsp3) is 0.552. The molecule has 2 aliphatic heterocycles. The molecule has 2 heterocycles. The zero-order valence-electron chi connectivity index (χ0n) is 21.0. The van der Waals surface area contributed by atoms with Crippen LogP contribution in [-0.4, -0.2) is 62.2 Å². The second kappa shape index (κ2) is 12.8. The minimum atomic E-state index is 0.107. The number of likely N-dealkylation sites (tertiary alicyclic amines) is 1. The molecule has 1 fully saturated rings. The van der Waals surface area contributed by atoms with Gasteiger partial charge in [0.25, 0.3) is 0 Å². The van der Waals surface area contributed by atoms with Crippen LogP contribution in [0.25, 0.3) is 0 Å². The summed E-state index contributed by atoms with van der Waals surface area (Å²) in [6, 6.07) is 16.2. The Kier molecular flexibility index (Phi) is 9.47. The first-order chi connectivity index (χ1) is 17.0. The van der Waals surface area contributed by atoms with E-state index in [1.807, 2.05) is 24.3 Å². The van der Waals surface area contributed by atoms with Gasteiger partial charge >= 0.3 is 0 Å². The zero-order valence-corrected chi connectivity index (χ0v) is 21.8. The van der Waals surface area contributed by atoms with Crippen molar-refractivity contribution < 1.29 is 14.3 Å². The molecule has 2 aromatic carbocycles. The molecule has 0 N–H and O–H groups in total. The number of carbonyl (C=O) groups excluding carboxylic acids is 1. The number of benzene rings is 2. The molecule has 5 nitrogen and oxygen atoms in total. The lowest BCUT2D eigenvalue weighted by molar-refractivity contribution is -0.134. The first kappa shape index (κ1) is 26.0.